The molecule has 0 atom stereocenters. The van der Waals surface area contributed by atoms with Crippen molar-refractivity contribution in [2.75, 3.05) is 36.5 Å². The summed E-state index contributed by atoms with van der Waals surface area (Å²) >= 11 is 0. The fourth-order valence-corrected chi connectivity index (χ4v) is 6.06. The zero-order valence-corrected chi connectivity index (χ0v) is 27.9. The molecule has 5 aromatic rings. The number of ether oxygens (including phenoxy) is 1. The van der Waals surface area contributed by atoms with Crippen molar-refractivity contribution < 1.29 is 19.1 Å². The zero-order chi connectivity index (χ0) is 33.5. The molecule has 2 fully saturated rings. The molecule has 0 unspecified atom stereocenters. The van der Waals surface area contributed by atoms with Crippen LogP contribution in [0.5, 0.6) is 5.75 Å². The van der Waals surface area contributed by atoms with Crippen LogP contribution in [0.25, 0.3) is 33.1 Å². The van der Waals surface area contributed by atoms with Crippen molar-refractivity contribution in [3.8, 4) is 16.9 Å². The van der Waals surface area contributed by atoms with E-state index in [1.807, 2.05) is 30.9 Å². The molecule has 11 heteroatoms. The number of hydrogen-bond acceptors (Lipinski definition) is 10. The molecule has 0 spiro atoms. The van der Waals surface area contributed by atoms with Gasteiger partial charge in [-0.15, -0.1) is 0 Å². The predicted molar refractivity (Wildman–Crippen MR) is 186 cm³/mol. The van der Waals surface area contributed by atoms with E-state index in [2.05, 4.69) is 33.7 Å². The maximum atomic E-state index is 13.1. The van der Waals surface area contributed by atoms with Crippen LogP contribution in [-0.2, 0) is 4.74 Å². The number of nitrogens with one attached hydrogen (secondary N) is 1. The smallest absolute Gasteiger partial charge is 0.229 e. The van der Waals surface area contributed by atoms with Crippen LogP contribution >= 0.6 is 0 Å². The van der Waals surface area contributed by atoms with Crippen LogP contribution in [-0.4, -0.2) is 56.7 Å². The van der Waals surface area contributed by atoms with Gasteiger partial charge in [-0.1, -0.05) is 47.0 Å². The molecule has 11 nitrogen and oxygen atoms in total. The fourth-order valence-electron chi connectivity index (χ4n) is 6.06. The Bertz CT molecular complexity index is 1900. The molecule has 47 heavy (non-hydrogen) atoms. The van der Waals surface area contributed by atoms with E-state index in [0.29, 0.717) is 60.6 Å². The summed E-state index contributed by atoms with van der Waals surface area (Å²) < 4.78 is 13.8. The molecule has 1 aromatic carbocycles. The number of carbonyl (C=O) groups excluding carboxylic acids is 1. The third-order valence-electron chi connectivity index (χ3n) is 8.10. The Kier molecular flexibility index (Phi) is 10.9. The number of benzene rings is 1. The first-order valence-electron chi connectivity index (χ1n) is 16.6. The lowest BCUT2D eigenvalue weighted by molar-refractivity contribution is 0.100. The van der Waals surface area contributed by atoms with E-state index in [0.717, 1.165) is 36.7 Å². The third-order valence-corrected chi connectivity index (χ3v) is 8.10. The number of phenolic OH excluding ortho intramolecular Hbond substituents is 1. The Morgan fingerprint density at radius 1 is 1.04 bits per heavy atom. The van der Waals surface area contributed by atoms with Gasteiger partial charge in [0.05, 0.1) is 30.8 Å². The van der Waals surface area contributed by atoms with E-state index in [1.54, 1.807) is 31.6 Å². The minimum atomic E-state index is -0.323. The number of pyridine rings is 1. The Morgan fingerprint density at radius 2 is 1.77 bits per heavy atom. The average molecular weight is 641 g/mol. The molecule has 248 valence electrons. The summed E-state index contributed by atoms with van der Waals surface area (Å²) in [4.78, 5) is 41.2. The van der Waals surface area contributed by atoms with Crippen LogP contribution in [0, 0.1) is 0 Å². The van der Waals surface area contributed by atoms with Gasteiger partial charge >= 0.3 is 0 Å². The Hall–Kier alpha value is -4.77. The van der Waals surface area contributed by atoms with Crippen molar-refractivity contribution in [1.82, 2.24) is 19.5 Å². The predicted octanol–water partition coefficient (Wildman–Crippen LogP) is 7.65. The van der Waals surface area contributed by atoms with Crippen molar-refractivity contribution in [3.63, 3.8) is 0 Å². The molecule has 1 aliphatic carbocycles. The number of Topliss-reactive ketones (excluding diaryl/α,β-unsaturated/α-hetero) is 1. The second-order valence-electron chi connectivity index (χ2n) is 11.5. The van der Waals surface area contributed by atoms with Crippen LogP contribution in [0.15, 0.2) is 58.1 Å². The van der Waals surface area contributed by atoms with Crippen molar-refractivity contribution in [2.45, 2.75) is 72.8 Å². The SMILES string of the molecule is CC.CC(=O)c1cc2cnc(Nc3cncc(-c4ccc(O)c5c(=O)cc(N6CCOCC6)oc45)c3)nc2n1C1CCCC1.CCC. The summed E-state index contributed by atoms with van der Waals surface area (Å²) in [5.41, 5.74) is 3.28. The van der Waals surface area contributed by atoms with Gasteiger partial charge in [-0.25, -0.2) is 4.98 Å². The number of ketones is 1. The lowest BCUT2D eigenvalue weighted by atomic mass is 10.0. The first-order valence-corrected chi connectivity index (χ1v) is 16.6. The second kappa shape index (κ2) is 15.2. The maximum absolute atomic E-state index is 13.1. The Morgan fingerprint density at radius 3 is 2.47 bits per heavy atom. The largest absolute Gasteiger partial charge is 0.507 e. The number of hydrogen-bond donors (Lipinski definition) is 2. The van der Waals surface area contributed by atoms with Gasteiger partial charge < -0.3 is 29.0 Å². The minimum absolute atomic E-state index is 0.0101. The molecule has 2 aliphatic rings. The molecule has 1 aliphatic heterocycles. The summed E-state index contributed by atoms with van der Waals surface area (Å²) in [5, 5.41) is 14.7. The van der Waals surface area contributed by atoms with Crippen LogP contribution in [0.2, 0.25) is 0 Å². The summed E-state index contributed by atoms with van der Waals surface area (Å²) in [6, 6.07) is 8.60. The van der Waals surface area contributed by atoms with Gasteiger partial charge in [0.25, 0.3) is 0 Å². The van der Waals surface area contributed by atoms with Gasteiger partial charge in [0.2, 0.25) is 5.95 Å². The molecule has 5 heterocycles. The van der Waals surface area contributed by atoms with Crippen molar-refractivity contribution >= 4 is 45.3 Å². The number of rotatable bonds is 6. The summed E-state index contributed by atoms with van der Waals surface area (Å²) in [5.74, 6) is 0.679. The topological polar surface area (TPSA) is 136 Å². The zero-order valence-electron chi connectivity index (χ0n) is 27.9. The second-order valence-corrected chi connectivity index (χ2v) is 11.5. The molecule has 1 saturated heterocycles. The standard InChI is InChI=1S/C31H30N6O5.C3H8.C2H6/c1-18(38)24-13-20-16-33-31(35-30(20)37(24)22-4-2-3-5-22)34-21-12-19(15-32-17-21)23-6-7-25(39)28-26(40)14-27(42-29(23)28)36-8-10-41-11-9-36;1-3-2;1-2/h6-7,12-17,22,39H,2-5,8-11H2,1H3,(H,33,34,35);3H2,1-2H3;1-2H3. The molecule has 2 N–H and O–H groups in total. The van der Waals surface area contributed by atoms with Gasteiger partial charge in [-0.05, 0) is 37.1 Å². The van der Waals surface area contributed by atoms with Crippen LogP contribution < -0.4 is 15.6 Å². The van der Waals surface area contributed by atoms with Gasteiger partial charge in [0, 0.05) is 61.0 Å². The van der Waals surface area contributed by atoms with E-state index in [9.17, 15) is 14.7 Å². The number of nitrogens with zero attached hydrogens (tertiary/aromatic N) is 5. The highest BCUT2D eigenvalue weighted by atomic mass is 16.5. The van der Waals surface area contributed by atoms with Gasteiger partial charge in [-0.2, -0.15) is 4.98 Å². The molecular weight excluding hydrogens is 596 g/mol. The number of fused-ring (bicyclic) bond motifs is 2. The fraction of sp³-hybridized carbons (Fsp3) is 0.417. The van der Waals surface area contributed by atoms with Gasteiger partial charge in [-0.3, -0.25) is 14.6 Å². The average Bonchev–Trinajstić information content (AvgIpc) is 3.75. The van der Waals surface area contributed by atoms with Crippen LogP contribution in [0.3, 0.4) is 0 Å². The number of aromatic hydroxyl groups is 1. The van der Waals surface area contributed by atoms with Crippen LogP contribution in [0.1, 0.15) is 83.3 Å². The van der Waals surface area contributed by atoms with E-state index in [1.165, 1.54) is 18.6 Å². The maximum Gasteiger partial charge on any atom is 0.229 e. The van der Waals surface area contributed by atoms with Crippen molar-refractivity contribution in [2.24, 2.45) is 0 Å². The summed E-state index contributed by atoms with van der Waals surface area (Å²) in [7, 11) is 0. The Balaban J connectivity index is 0.000000822. The highest BCUT2D eigenvalue weighted by molar-refractivity contribution is 5.98. The molecule has 0 amide bonds. The summed E-state index contributed by atoms with van der Waals surface area (Å²) in [6.07, 6.45) is 10.6. The number of phenols is 1. The molecule has 0 bridgehead atoms. The highest BCUT2D eigenvalue weighted by Gasteiger charge is 2.25. The third kappa shape index (κ3) is 7.15. The monoisotopic (exact) mass is 640 g/mol. The normalized spacial score (nSPS) is 14.8. The van der Waals surface area contributed by atoms with E-state index in [4.69, 9.17) is 14.1 Å². The van der Waals surface area contributed by atoms with E-state index < -0.39 is 0 Å². The highest BCUT2D eigenvalue weighted by Crippen LogP contribution is 2.37. The molecule has 0 radical (unpaired) electrons. The Labute approximate surface area is 274 Å². The molecule has 7 rings (SSSR count). The lowest BCUT2D eigenvalue weighted by Crippen LogP contribution is -2.36. The number of morpholine rings is 1. The lowest BCUT2D eigenvalue weighted by Gasteiger charge is -2.27. The van der Waals surface area contributed by atoms with Crippen molar-refractivity contribution in [1.29, 1.82) is 0 Å². The first-order chi connectivity index (χ1) is 22.9. The minimum Gasteiger partial charge on any atom is -0.507 e. The number of aromatic nitrogens is 4. The van der Waals surface area contributed by atoms with Crippen LogP contribution in [0.4, 0.5) is 17.5 Å². The van der Waals surface area contributed by atoms with Crippen molar-refractivity contribution in [3.05, 3.63) is 64.8 Å². The van der Waals surface area contributed by atoms with E-state index in [-0.39, 0.29) is 34.0 Å². The van der Waals surface area contributed by atoms with E-state index >= 15 is 0 Å². The number of carbonyl (C=O) groups is 1. The quantitative estimate of drug-likeness (QED) is 0.178. The molecule has 4 aromatic heterocycles. The molecule has 1 saturated carbocycles. The molecular formula is C36H44N6O5. The van der Waals surface area contributed by atoms with Gasteiger partial charge in [0.1, 0.15) is 16.8 Å². The van der Waals surface area contributed by atoms with Gasteiger partial charge in [0.15, 0.2) is 22.7 Å². The number of anilines is 3. The summed E-state index contributed by atoms with van der Waals surface area (Å²) in [6.45, 7) is 12.1. The first kappa shape index (κ1) is 33.6.